The third-order valence-corrected chi connectivity index (χ3v) is 12.3. The highest BCUT2D eigenvalue weighted by atomic mass is 32.1. The van der Waals surface area contributed by atoms with Crippen molar-refractivity contribution in [1.82, 2.24) is 9.13 Å². The number of hydrogen-bond donors (Lipinski definition) is 0. The number of benzene rings is 9. The van der Waals surface area contributed by atoms with E-state index < -0.39 is 12.1 Å². The van der Waals surface area contributed by atoms with E-state index in [1.54, 1.807) is 15.9 Å². The van der Waals surface area contributed by atoms with Gasteiger partial charge in [0.15, 0.2) is 0 Å². The van der Waals surface area contributed by atoms with Crippen molar-refractivity contribution in [2.75, 3.05) is 0 Å². The maximum absolute atomic E-state index is 10.0. The Morgan fingerprint density at radius 2 is 1.11 bits per heavy atom. The molecule has 57 heavy (non-hydrogen) atoms. The van der Waals surface area contributed by atoms with Crippen LogP contribution < -0.4 is 0 Å². The highest BCUT2D eigenvalue weighted by Gasteiger charge is 2.20. The molecule has 0 N–H and O–H groups in total. The smallest absolute Gasteiger partial charge is 0.0645 e. The number of rotatable bonds is 5. The Morgan fingerprint density at radius 1 is 0.386 bits per heavy atom. The Hall–Kier alpha value is -7.20. The molecule has 0 aliphatic rings. The molecule has 9 aromatic carbocycles. The summed E-state index contributed by atoms with van der Waals surface area (Å²) >= 11 is 1.77. The summed E-state index contributed by atoms with van der Waals surface area (Å²) in [5.41, 5.74) is 8.38. The fourth-order valence-electron chi connectivity index (χ4n) is 8.65. The Kier molecular flexibility index (Phi) is 5.74. The van der Waals surface area contributed by atoms with Gasteiger partial charge >= 0.3 is 0 Å². The van der Waals surface area contributed by atoms with E-state index in [-0.39, 0.29) is 57.6 Å². The van der Waals surface area contributed by atoms with Crippen molar-refractivity contribution in [3.05, 3.63) is 206 Å². The van der Waals surface area contributed by atoms with E-state index in [1.165, 1.54) is 20.2 Å². The molecule has 3 aromatic heterocycles. The van der Waals surface area contributed by atoms with Gasteiger partial charge in [-0.3, -0.25) is 0 Å². The lowest BCUT2D eigenvalue weighted by molar-refractivity contribution is 1.18. The molecule has 12 rings (SSSR count). The van der Waals surface area contributed by atoms with Gasteiger partial charge in [-0.25, -0.2) is 0 Å². The monoisotopic (exact) mass is 749 g/mol. The largest absolute Gasteiger partial charge is 0.309 e. The Balaban J connectivity index is 1.17. The van der Waals surface area contributed by atoms with E-state index in [4.69, 9.17) is 2.74 Å². The Labute approximate surface area is 343 Å². The molecule has 0 saturated heterocycles. The maximum atomic E-state index is 10.0. The average Bonchev–Trinajstić information content (AvgIpc) is 4.00. The topological polar surface area (TPSA) is 9.86 Å². The van der Waals surface area contributed by atoms with Crippen LogP contribution in [0.4, 0.5) is 0 Å². The number of para-hydroxylation sites is 2. The van der Waals surface area contributed by atoms with Crippen LogP contribution in [-0.2, 0) is 0 Å². The molecule has 12 aromatic rings. The van der Waals surface area contributed by atoms with Crippen molar-refractivity contribution in [1.29, 1.82) is 0 Å². The van der Waals surface area contributed by atoms with Gasteiger partial charge in [0.05, 0.1) is 37.3 Å². The summed E-state index contributed by atoms with van der Waals surface area (Å²) in [6.45, 7) is 0. The van der Waals surface area contributed by atoms with Crippen LogP contribution in [0, 0.1) is 0 Å². The van der Waals surface area contributed by atoms with Gasteiger partial charge in [-0.2, -0.15) is 0 Å². The number of aromatic nitrogens is 2. The maximum Gasteiger partial charge on any atom is 0.0645 e. The zero-order valence-corrected chi connectivity index (χ0v) is 31.2. The zero-order chi connectivity index (χ0) is 43.5. The van der Waals surface area contributed by atoms with E-state index in [0.717, 1.165) is 49.7 Å². The normalized spacial score (nSPS) is 13.6. The Morgan fingerprint density at radius 3 is 1.98 bits per heavy atom. The minimum absolute atomic E-state index is 0.0800. The van der Waals surface area contributed by atoms with Gasteiger partial charge < -0.3 is 9.13 Å². The second-order valence-corrected chi connectivity index (χ2v) is 15.4. The molecule has 0 saturated carbocycles. The van der Waals surface area contributed by atoms with Gasteiger partial charge in [0, 0.05) is 53.0 Å². The predicted octanol–water partition coefficient (Wildman–Crippen LogP) is 15.2. The lowest BCUT2D eigenvalue weighted by Gasteiger charge is -2.14. The minimum Gasteiger partial charge on any atom is -0.309 e. The van der Waals surface area contributed by atoms with Gasteiger partial charge in [-0.1, -0.05) is 145 Å². The van der Waals surface area contributed by atoms with Crippen molar-refractivity contribution in [3.63, 3.8) is 0 Å². The van der Waals surface area contributed by atoms with E-state index in [1.807, 2.05) is 91.0 Å². The molecule has 3 heterocycles. The molecule has 266 valence electrons. The summed E-state index contributed by atoms with van der Waals surface area (Å²) in [6.07, 6.45) is 0. The summed E-state index contributed by atoms with van der Waals surface area (Å²) in [4.78, 5) is 0. The summed E-state index contributed by atoms with van der Waals surface area (Å²) in [5, 5.41) is 4.70. The van der Waals surface area contributed by atoms with Crippen molar-refractivity contribution >= 4 is 75.1 Å². The van der Waals surface area contributed by atoms with Crippen LogP contribution in [0.5, 0.6) is 0 Å². The summed E-state index contributed by atoms with van der Waals surface area (Å²) < 4.78 is 71.9. The third kappa shape index (κ3) is 4.96. The van der Waals surface area contributed by atoms with Gasteiger partial charge in [-0.05, 0) is 88.4 Å². The molecule has 3 heteroatoms. The second kappa shape index (κ2) is 12.7. The lowest BCUT2D eigenvalue weighted by Crippen LogP contribution is -1.97. The summed E-state index contributed by atoms with van der Waals surface area (Å²) in [5.74, 6) is 0. The molecule has 0 amide bonds. The standard InChI is InChI=1S/C54H34N2S/c1-3-14-35(15-4-1)40-18-7-10-22-47(40)56-48-23-11-8-19-42(48)45-32-37(26-30-49(45)56)38-27-31-50-46(33-38)54-41(36-16-5-2-6-17-36)21-13-24-51(54)55(50)39-28-29-44-43-20-9-12-25-52(43)57-53(44)34-39/h1-34H/i8D,11D,19D,23D,26D,30D,32D. The van der Waals surface area contributed by atoms with Crippen LogP contribution >= 0.6 is 11.3 Å². The first-order chi connectivity index (χ1) is 31.2. The molecule has 0 bridgehead atoms. The molecule has 0 aliphatic carbocycles. The molecule has 2 nitrogen and oxygen atoms in total. The average molecular weight is 750 g/mol. The van der Waals surface area contributed by atoms with Gasteiger partial charge in [0.25, 0.3) is 0 Å². The molecule has 0 unspecified atom stereocenters. The lowest BCUT2D eigenvalue weighted by atomic mass is 9.97. The van der Waals surface area contributed by atoms with Crippen molar-refractivity contribution in [2.45, 2.75) is 0 Å². The molecular weight excluding hydrogens is 709 g/mol. The zero-order valence-electron chi connectivity index (χ0n) is 37.4. The second-order valence-electron chi connectivity index (χ2n) is 14.3. The number of fused-ring (bicyclic) bond motifs is 9. The summed E-state index contributed by atoms with van der Waals surface area (Å²) in [7, 11) is 0. The van der Waals surface area contributed by atoms with E-state index in [9.17, 15) is 6.85 Å². The third-order valence-electron chi connectivity index (χ3n) is 11.2. The van der Waals surface area contributed by atoms with E-state index in [2.05, 4.69) is 77.4 Å². The van der Waals surface area contributed by atoms with Crippen LogP contribution in [0.1, 0.15) is 9.60 Å². The highest BCUT2D eigenvalue weighted by molar-refractivity contribution is 7.25. The first-order valence-electron chi connectivity index (χ1n) is 22.4. The van der Waals surface area contributed by atoms with Crippen molar-refractivity contribution in [3.8, 4) is 44.8 Å². The first kappa shape index (κ1) is 25.8. The fourth-order valence-corrected chi connectivity index (χ4v) is 9.79. The van der Waals surface area contributed by atoms with Crippen molar-refractivity contribution < 1.29 is 9.60 Å². The molecule has 0 spiro atoms. The fraction of sp³-hybridized carbons (Fsp3) is 0. The molecule has 0 fully saturated rings. The predicted molar refractivity (Wildman–Crippen MR) is 244 cm³/mol. The highest BCUT2D eigenvalue weighted by Crippen LogP contribution is 2.43. The van der Waals surface area contributed by atoms with Crippen LogP contribution in [0.3, 0.4) is 0 Å². The van der Waals surface area contributed by atoms with Gasteiger partial charge in [-0.15, -0.1) is 11.3 Å². The Bertz CT molecular complexity index is 3930. The van der Waals surface area contributed by atoms with Crippen LogP contribution in [0.25, 0.3) is 109 Å². The van der Waals surface area contributed by atoms with Gasteiger partial charge in [0.2, 0.25) is 0 Å². The van der Waals surface area contributed by atoms with Crippen LogP contribution in [-0.4, -0.2) is 9.13 Å². The molecular formula is C54H34N2S. The SMILES string of the molecule is [2H]c1c([2H])c([2H])c2c(c1[2H])c1c([2H])c(-c3ccc4c(c3)c3c(-c5ccccc5)cccc3n4-c3ccc4c(c3)sc3ccccc34)c([2H])c([2H])c1n2-c1ccccc1-c1ccccc1. The number of nitrogens with zero attached hydrogens (tertiary/aromatic N) is 2. The van der Waals surface area contributed by atoms with E-state index >= 15 is 0 Å². The van der Waals surface area contributed by atoms with Gasteiger partial charge in [0.1, 0.15) is 0 Å². The number of hydrogen-bond acceptors (Lipinski definition) is 1. The molecule has 0 radical (unpaired) electrons. The summed E-state index contributed by atoms with van der Waals surface area (Å²) in [6, 6.07) is 53.1. The minimum atomic E-state index is -0.424. The quantitative estimate of drug-likeness (QED) is 0.166. The van der Waals surface area contributed by atoms with Crippen molar-refractivity contribution in [2.24, 2.45) is 0 Å². The van der Waals surface area contributed by atoms with Crippen LogP contribution in [0.2, 0.25) is 0 Å². The molecule has 0 atom stereocenters. The molecule has 0 aliphatic heterocycles. The van der Waals surface area contributed by atoms with Crippen LogP contribution in [0.15, 0.2) is 206 Å². The van der Waals surface area contributed by atoms with E-state index in [0.29, 0.717) is 11.3 Å². The first-order valence-corrected chi connectivity index (χ1v) is 19.8. The number of thiophene rings is 1.